The molecule has 0 heterocycles. The molecule has 2 aromatic rings. The van der Waals surface area contributed by atoms with Crippen molar-refractivity contribution in [3.05, 3.63) is 68.8 Å². The van der Waals surface area contributed by atoms with Gasteiger partial charge in [0.2, 0.25) is 0 Å². The van der Waals surface area contributed by atoms with E-state index in [1.165, 1.54) is 48.5 Å². The van der Waals surface area contributed by atoms with Crippen LogP contribution in [0.5, 0.6) is 11.5 Å². The first-order chi connectivity index (χ1) is 9.41. The molecule has 0 atom stereocenters. The quantitative estimate of drug-likeness (QED) is 0.337. The van der Waals surface area contributed by atoms with E-state index >= 15 is 0 Å². The summed E-state index contributed by atoms with van der Waals surface area (Å²) in [6.45, 7) is 0. The molecule has 2 rings (SSSR count). The van der Waals surface area contributed by atoms with Crippen molar-refractivity contribution in [1.29, 1.82) is 0 Å². The van der Waals surface area contributed by atoms with Gasteiger partial charge in [0.25, 0.3) is 5.69 Å². The van der Waals surface area contributed by atoms with Crippen LogP contribution in [0.2, 0.25) is 0 Å². The van der Waals surface area contributed by atoms with Gasteiger partial charge < -0.3 is 10.2 Å². The molecule has 0 aliphatic carbocycles. The molecule has 8 nitrogen and oxygen atoms in total. The third-order valence-corrected chi connectivity index (χ3v) is 2.14. The second-order valence-electron chi connectivity index (χ2n) is 3.52. The monoisotopic (exact) mass is 324 g/mol. The number of non-ortho nitro benzene ring substituents is 1. The zero-order valence-electron chi connectivity index (χ0n) is 12.0. The molecule has 0 saturated heterocycles. The van der Waals surface area contributed by atoms with Crippen LogP contribution in [0.3, 0.4) is 0 Å². The summed E-state index contributed by atoms with van der Waals surface area (Å²) in [4.78, 5) is 19.0. The summed E-state index contributed by atoms with van der Waals surface area (Å²) in [5.41, 5.74) is -0.277. The van der Waals surface area contributed by atoms with E-state index in [0.29, 0.717) is 0 Å². The summed E-state index contributed by atoms with van der Waals surface area (Å²) in [6.07, 6.45) is 0. The molecule has 10 heteroatoms. The summed E-state index contributed by atoms with van der Waals surface area (Å²) >= 11 is 0. The molecule has 0 spiro atoms. The Kier molecular flexibility index (Phi) is 12.0. The number of nitro benzene ring substituents is 2. The molecule has 0 unspecified atom stereocenters. The van der Waals surface area contributed by atoms with Crippen LogP contribution in [0.25, 0.3) is 0 Å². The van der Waals surface area contributed by atoms with Crippen molar-refractivity contribution in [2.45, 2.75) is 0 Å². The van der Waals surface area contributed by atoms with E-state index in [9.17, 15) is 20.2 Å². The molecule has 104 valence electrons. The minimum Gasteiger partial charge on any atom is -0.508 e. The van der Waals surface area contributed by atoms with Crippen molar-refractivity contribution in [2.75, 3.05) is 0 Å². The van der Waals surface area contributed by atoms with Crippen LogP contribution in [0.15, 0.2) is 48.5 Å². The number of hydrogen-bond donors (Lipinski definition) is 2. The molecule has 0 aliphatic rings. The molecular formula is C12H10N2Na2O6+2. The van der Waals surface area contributed by atoms with Gasteiger partial charge in [-0.15, -0.1) is 0 Å². The van der Waals surface area contributed by atoms with Crippen LogP contribution in [0.1, 0.15) is 0 Å². The van der Waals surface area contributed by atoms with Gasteiger partial charge in [-0.3, -0.25) is 20.2 Å². The van der Waals surface area contributed by atoms with E-state index in [-0.39, 0.29) is 82.0 Å². The molecule has 2 N–H and O–H groups in total. The Labute approximate surface area is 169 Å². The molecule has 0 radical (unpaired) electrons. The Morgan fingerprint density at radius 3 is 1.64 bits per heavy atom. The zero-order valence-corrected chi connectivity index (χ0v) is 16.0. The van der Waals surface area contributed by atoms with Gasteiger partial charge in [0.15, 0.2) is 5.75 Å². The maximum absolute atomic E-state index is 10.1. The minimum absolute atomic E-state index is 0. The van der Waals surface area contributed by atoms with Crippen LogP contribution in [-0.4, -0.2) is 20.1 Å². The van der Waals surface area contributed by atoms with Crippen LogP contribution >= 0.6 is 0 Å². The second-order valence-corrected chi connectivity index (χ2v) is 3.52. The summed E-state index contributed by atoms with van der Waals surface area (Å²) in [6, 6.07) is 10.6. The molecule has 0 fully saturated rings. The normalized spacial score (nSPS) is 8.36. The SMILES string of the molecule is O=[N+]([O-])c1ccc(O)cc1.O=[N+]([O-])c1ccccc1O.[Na+].[Na+]. The molecule has 0 bridgehead atoms. The van der Waals surface area contributed by atoms with Gasteiger partial charge in [-0.1, -0.05) is 12.1 Å². The summed E-state index contributed by atoms with van der Waals surface area (Å²) in [5.74, 6) is -0.266. The third-order valence-electron chi connectivity index (χ3n) is 2.14. The number of nitrogens with zero attached hydrogens (tertiary/aromatic N) is 2. The maximum atomic E-state index is 10.1. The third kappa shape index (κ3) is 7.74. The van der Waals surface area contributed by atoms with E-state index in [1.807, 2.05) is 0 Å². The number of aromatic hydroxyl groups is 2. The van der Waals surface area contributed by atoms with E-state index in [2.05, 4.69) is 0 Å². The molecule has 22 heavy (non-hydrogen) atoms. The van der Waals surface area contributed by atoms with Crippen molar-refractivity contribution in [1.82, 2.24) is 0 Å². The summed E-state index contributed by atoms with van der Waals surface area (Å²) in [5, 5.41) is 37.7. The smallest absolute Gasteiger partial charge is 0.508 e. The van der Waals surface area contributed by atoms with Crippen molar-refractivity contribution in [3.8, 4) is 11.5 Å². The van der Waals surface area contributed by atoms with E-state index < -0.39 is 9.85 Å². The largest absolute Gasteiger partial charge is 1.00 e. The number of para-hydroxylation sites is 2. The first kappa shape index (κ1) is 23.1. The first-order valence-corrected chi connectivity index (χ1v) is 5.27. The predicted octanol–water partition coefficient (Wildman–Crippen LogP) is -3.39. The number of hydrogen-bond acceptors (Lipinski definition) is 6. The summed E-state index contributed by atoms with van der Waals surface area (Å²) < 4.78 is 0. The second kappa shape index (κ2) is 11.4. The summed E-state index contributed by atoms with van der Waals surface area (Å²) in [7, 11) is 0. The van der Waals surface area contributed by atoms with Gasteiger partial charge >= 0.3 is 64.8 Å². The molecular weight excluding hydrogens is 314 g/mol. The number of nitro groups is 2. The van der Waals surface area contributed by atoms with Gasteiger partial charge in [-0.05, 0) is 18.2 Å². The Morgan fingerprint density at radius 1 is 0.773 bits per heavy atom. The number of benzene rings is 2. The van der Waals surface area contributed by atoms with Crippen molar-refractivity contribution in [3.63, 3.8) is 0 Å². The number of phenols is 2. The number of phenolic OH excluding ortho intramolecular Hbond substituents is 2. The van der Waals surface area contributed by atoms with Crippen LogP contribution in [0, 0.1) is 20.2 Å². The van der Waals surface area contributed by atoms with Gasteiger partial charge in [-0.25, -0.2) is 0 Å². The average molecular weight is 324 g/mol. The Balaban J connectivity index is 0. The average Bonchev–Trinajstić information content (AvgIpc) is 2.40. The van der Waals surface area contributed by atoms with Crippen molar-refractivity contribution >= 4 is 11.4 Å². The molecule has 0 aliphatic heterocycles. The maximum Gasteiger partial charge on any atom is 1.00 e. The van der Waals surface area contributed by atoms with Crippen molar-refractivity contribution in [2.24, 2.45) is 0 Å². The zero-order chi connectivity index (χ0) is 15.1. The van der Waals surface area contributed by atoms with E-state index in [1.54, 1.807) is 0 Å². The van der Waals surface area contributed by atoms with Gasteiger partial charge in [-0.2, -0.15) is 0 Å². The first-order valence-electron chi connectivity index (χ1n) is 5.27. The van der Waals surface area contributed by atoms with Gasteiger partial charge in [0.05, 0.1) is 9.85 Å². The van der Waals surface area contributed by atoms with Crippen LogP contribution in [-0.2, 0) is 0 Å². The standard InChI is InChI=1S/2C6H5NO3.2Na/c8-6-3-1-5(2-4-6)7(9)10;8-6-4-2-1-3-5(6)7(9)10;;/h2*1-4,8H;;/q;;2*+1. The molecule has 0 aromatic heterocycles. The predicted molar refractivity (Wildman–Crippen MR) is 69.5 cm³/mol. The molecule has 0 saturated carbocycles. The van der Waals surface area contributed by atoms with E-state index in [4.69, 9.17) is 10.2 Å². The van der Waals surface area contributed by atoms with Crippen molar-refractivity contribution < 1.29 is 79.2 Å². The van der Waals surface area contributed by atoms with Gasteiger partial charge in [0, 0.05) is 18.2 Å². The van der Waals surface area contributed by atoms with E-state index in [0.717, 1.165) is 0 Å². The van der Waals surface area contributed by atoms with Gasteiger partial charge in [0.1, 0.15) is 5.75 Å². The number of rotatable bonds is 2. The van der Waals surface area contributed by atoms with Crippen LogP contribution in [0.4, 0.5) is 11.4 Å². The molecule has 0 amide bonds. The topological polar surface area (TPSA) is 127 Å². The fraction of sp³-hybridized carbons (Fsp3) is 0. The minimum atomic E-state index is -0.630. The van der Waals surface area contributed by atoms with Crippen LogP contribution < -0.4 is 59.1 Å². The fourth-order valence-electron chi connectivity index (χ4n) is 1.19. The molecule has 2 aromatic carbocycles. The fourth-order valence-corrected chi connectivity index (χ4v) is 1.19. The Bertz CT molecular complexity index is 621. The Hall–Kier alpha value is -1.16. The Morgan fingerprint density at radius 2 is 1.27 bits per heavy atom.